The molecule has 2 atom stereocenters. The number of amides is 2. The summed E-state index contributed by atoms with van der Waals surface area (Å²) in [5.41, 5.74) is 1.72. The van der Waals surface area contributed by atoms with E-state index in [0.29, 0.717) is 17.4 Å². The smallest absolute Gasteiger partial charge is 0.265 e. The van der Waals surface area contributed by atoms with Crippen molar-refractivity contribution in [2.45, 2.75) is 45.6 Å². The van der Waals surface area contributed by atoms with Crippen LogP contribution in [-0.4, -0.2) is 31.0 Å². The number of nitrogens with zero attached hydrogens (tertiary/aromatic N) is 1. The number of hydrogen-bond donors (Lipinski definition) is 1. The van der Waals surface area contributed by atoms with Crippen LogP contribution in [0.5, 0.6) is 5.75 Å². The maximum absolute atomic E-state index is 12.4. The fourth-order valence-electron chi connectivity index (χ4n) is 3.41. The van der Waals surface area contributed by atoms with E-state index in [9.17, 15) is 9.59 Å². The van der Waals surface area contributed by atoms with Crippen LogP contribution in [0.4, 0.5) is 5.69 Å². The van der Waals surface area contributed by atoms with E-state index >= 15 is 0 Å². The van der Waals surface area contributed by atoms with Gasteiger partial charge < -0.3 is 10.1 Å². The third-order valence-corrected chi connectivity index (χ3v) is 4.82. The number of fused-ring (bicyclic) bond motifs is 1. The Kier molecular flexibility index (Phi) is 4.55. The Morgan fingerprint density at radius 1 is 1.35 bits per heavy atom. The summed E-state index contributed by atoms with van der Waals surface area (Å²) in [4.78, 5) is 26.1. The molecular formula is C18H24N2O3. The fraction of sp³-hybridized carbons (Fsp3) is 0.556. The molecule has 0 spiro atoms. The highest BCUT2D eigenvalue weighted by molar-refractivity contribution is 6.02. The number of ether oxygens (including phenoxy) is 1. The van der Waals surface area contributed by atoms with Gasteiger partial charge in [0.2, 0.25) is 5.91 Å². The molecule has 1 aliphatic heterocycles. The summed E-state index contributed by atoms with van der Waals surface area (Å²) in [6.45, 7) is 4.19. The van der Waals surface area contributed by atoms with Crippen molar-refractivity contribution in [1.29, 1.82) is 0 Å². The van der Waals surface area contributed by atoms with Crippen LogP contribution >= 0.6 is 0 Å². The van der Waals surface area contributed by atoms with Crippen LogP contribution in [-0.2, 0) is 9.59 Å². The molecule has 1 saturated carbocycles. The van der Waals surface area contributed by atoms with Crippen molar-refractivity contribution in [2.75, 3.05) is 18.1 Å². The van der Waals surface area contributed by atoms with Gasteiger partial charge in [0.1, 0.15) is 12.3 Å². The molecule has 1 aliphatic carbocycles. The Morgan fingerprint density at radius 2 is 2.13 bits per heavy atom. The molecule has 1 aromatic rings. The zero-order chi connectivity index (χ0) is 16.4. The molecule has 1 fully saturated rings. The average molecular weight is 316 g/mol. The minimum absolute atomic E-state index is 0.0107. The van der Waals surface area contributed by atoms with Gasteiger partial charge in [-0.3, -0.25) is 14.5 Å². The summed E-state index contributed by atoms with van der Waals surface area (Å²) >= 11 is 0. The molecule has 5 nitrogen and oxygen atoms in total. The van der Waals surface area contributed by atoms with Crippen molar-refractivity contribution in [3.63, 3.8) is 0 Å². The third kappa shape index (κ3) is 3.49. The Hall–Kier alpha value is -2.04. The van der Waals surface area contributed by atoms with E-state index in [4.69, 9.17) is 4.74 Å². The van der Waals surface area contributed by atoms with Crippen LogP contribution in [0.3, 0.4) is 0 Å². The largest absolute Gasteiger partial charge is 0.482 e. The van der Waals surface area contributed by atoms with E-state index in [-0.39, 0.29) is 31.0 Å². The van der Waals surface area contributed by atoms with E-state index in [1.165, 1.54) is 11.3 Å². The minimum atomic E-state index is -0.171. The van der Waals surface area contributed by atoms with Crippen molar-refractivity contribution in [3.8, 4) is 5.75 Å². The number of benzene rings is 1. The van der Waals surface area contributed by atoms with Crippen LogP contribution in [0.1, 0.15) is 38.2 Å². The highest BCUT2D eigenvalue weighted by atomic mass is 16.5. The Morgan fingerprint density at radius 3 is 2.91 bits per heavy atom. The van der Waals surface area contributed by atoms with Gasteiger partial charge in [0.25, 0.3) is 5.91 Å². The van der Waals surface area contributed by atoms with E-state index in [2.05, 4.69) is 12.2 Å². The summed E-state index contributed by atoms with van der Waals surface area (Å²) < 4.78 is 5.45. The lowest BCUT2D eigenvalue weighted by Crippen LogP contribution is -2.49. The standard InChI is InChI=1S/C18H24N2O3/c1-12-7-8-16-15(9-12)20(18(22)11-23-16)10-17(21)19-14-6-4-3-5-13(14)2/h7-9,13-14H,3-6,10-11H2,1-2H3,(H,19,21)/t13-,14-/m1/s1. The normalized spacial score (nSPS) is 23.9. The van der Waals surface area contributed by atoms with Crippen molar-refractivity contribution < 1.29 is 14.3 Å². The van der Waals surface area contributed by atoms with Crippen molar-refractivity contribution in [2.24, 2.45) is 5.92 Å². The molecule has 0 bridgehead atoms. The molecule has 1 heterocycles. The van der Waals surface area contributed by atoms with E-state index < -0.39 is 0 Å². The van der Waals surface area contributed by atoms with Gasteiger partial charge in [0.15, 0.2) is 6.61 Å². The molecule has 0 radical (unpaired) electrons. The zero-order valence-electron chi connectivity index (χ0n) is 13.8. The second-order valence-corrected chi connectivity index (χ2v) is 6.68. The van der Waals surface area contributed by atoms with Crippen LogP contribution in [0, 0.1) is 12.8 Å². The van der Waals surface area contributed by atoms with Gasteiger partial charge in [-0.25, -0.2) is 0 Å². The van der Waals surface area contributed by atoms with Gasteiger partial charge in [-0.1, -0.05) is 25.8 Å². The highest BCUT2D eigenvalue weighted by Gasteiger charge is 2.29. The van der Waals surface area contributed by atoms with Crippen LogP contribution in [0.25, 0.3) is 0 Å². The van der Waals surface area contributed by atoms with E-state index in [0.717, 1.165) is 24.8 Å². The van der Waals surface area contributed by atoms with Crippen LogP contribution in [0.2, 0.25) is 0 Å². The monoisotopic (exact) mass is 316 g/mol. The first-order valence-corrected chi connectivity index (χ1v) is 8.38. The molecule has 23 heavy (non-hydrogen) atoms. The topological polar surface area (TPSA) is 58.6 Å². The molecule has 5 heteroatoms. The van der Waals surface area contributed by atoms with Crippen molar-refractivity contribution >= 4 is 17.5 Å². The highest BCUT2D eigenvalue weighted by Crippen LogP contribution is 2.32. The Bertz CT molecular complexity index is 614. The molecule has 0 unspecified atom stereocenters. The summed E-state index contributed by atoms with van der Waals surface area (Å²) in [5.74, 6) is 0.901. The van der Waals surface area contributed by atoms with Crippen LogP contribution in [0.15, 0.2) is 18.2 Å². The van der Waals surface area contributed by atoms with E-state index in [1.54, 1.807) is 0 Å². The summed E-state index contributed by atoms with van der Waals surface area (Å²) in [7, 11) is 0. The minimum Gasteiger partial charge on any atom is -0.482 e. The third-order valence-electron chi connectivity index (χ3n) is 4.82. The molecule has 0 aromatic heterocycles. The molecule has 0 saturated heterocycles. The number of nitrogens with one attached hydrogen (secondary N) is 1. The molecule has 2 amide bonds. The molecule has 1 aromatic carbocycles. The lowest BCUT2D eigenvalue weighted by atomic mass is 9.86. The van der Waals surface area contributed by atoms with Crippen molar-refractivity contribution in [1.82, 2.24) is 5.32 Å². The van der Waals surface area contributed by atoms with Crippen molar-refractivity contribution in [3.05, 3.63) is 23.8 Å². The predicted octanol–water partition coefficient (Wildman–Crippen LogP) is 2.42. The number of anilines is 1. The summed E-state index contributed by atoms with van der Waals surface area (Å²) in [5, 5.41) is 3.11. The first-order chi connectivity index (χ1) is 11.0. The number of carbonyl (C=O) groups excluding carboxylic acids is 2. The quantitative estimate of drug-likeness (QED) is 0.931. The predicted molar refractivity (Wildman–Crippen MR) is 88.6 cm³/mol. The maximum atomic E-state index is 12.4. The molecule has 124 valence electrons. The average Bonchev–Trinajstić information content (AvgIpc) is 2.52. The number of carbonyl (C=O) groups is 2. The van der Waals surface area contributed by atoms with Gasteiger partial charge in [-0.2, -0.15) is 0 Å². The maximum Gasteiger partial charge on any atom is 0.265 e. The summed E-state index contributed by atoms with van der Waals surface area (Å²) in [6, 6.07) is 5.91. The Balaban J connectivity index is 1.70. The molecule has 3 rings (SSSR count). The van der Waals surface area contributed by atoms with Gasteiger partial charge in [-0.15, -0.1) is 0 Å². The molecular weight excluding hydrogens is 292 g/mol. The first-order valence-electron chi connectivity index (χ1n) is 8.38. The first kappa shape index (κ1) is 15.8. The lowest BCUT2D eigenvalue weighted by molar-refractivity contribution is -0.126. The summed E-state index contributed by atoms with van der Waals surface area (Å²) in [6.07, 6.45) is 4.58. The second kappa shape index (κ2) is 6.60. The molecule has 2 aliphatic rings. The van der Waals surface area contributed by atoms with Crippen LogP contribution < -0.4 is 15.0 Å². The van der Waals surface area contributed by atoms with Gasteiger partial charge in [0.05, 0.1) is 5.69 Å². The lowest BCUT2D eigenvalue weighted by Gasteiger charge is -2.32. The fourth-order valence-corrected chi connectivity index (χ4v) is 3.41. The van der Waals surface area contributed by atoms with Gasteiger partial charge >= 0.3 is 0 Å². The van der Waals surface area contributed by atoms with Gasteiger partial charge in [-0.05, 0) is 43.4 Å². The molecule has 1 N–H and O–H groups in total. The number of aryl methyl sites for hydroxylation is 1. The second-order valence-electron chi connectivity index (χ2n) is 6.68. The van der Waals surface area contributed by atoms with Gasteiger partial charge in [0, 0.05) is 6.04 Å². The number of rotatable bonds is 3. The van der Waals surface area contributed by atoms with E-state index in [1.807, 2.05) is 25.1 Å². The zero-order valence-corrected chi connectivity index (χ0v) is 13.8. The number of hydrogen-bond acceptors (Lipinski definition) is 3. The Labute approximate surface area is 137 Å². The SMILES string of the molecule is Cc1ccc2c(c1)N(CC(=O)N[C@@H]1CCCC[C@H]1C)C(=O)CO2.